The largest absolute Gasteiger partial charge is 0.465 e. The SMILES string of the molecule is CCOC(=O)Cn1c(=NC(=O)c2ccccc2Br)sc2cc(F)ccc21. The zero-order valence-electron chi connectivity index (χ0n) is 13.7. The number of halogens is 2. The lowest BCUT2D eigenvalue weighted by molar-refractivity contribution is -0.143. The third-order valence-electron chi connectivity index (χ3n) is 3.54. The standard InChI is InChI=1S/C18H14BrFN2O3S/c1-2-25-16(23)10-22-14-8-7-11(20)9-15(14)26-18(22)21-17(24)12-5-3-4-6-13(12)19/h3-9H,2,10H2,1H3. The third kappa shape index (κ3) is 3.91. The number of ether oxygens (including phenoxy) is 1. The van der Waals surface area contributed by atoms with E-state index in [1.54, 1.807) is 41.8 Å². The Hall–Kier alpha value is -2.32. The Morgan fingerprint density at radius 1 is 1.27 bits per heavy atom. The van der Waals surface area contributed by atoms with Gasteiger partial charge in [-0.2, -0.15) is 4.99 Å². The Balaban J connectivity index is 2.13. The normalized spacial score (nSPS) is 11.7. The van der Waals surface area contributed by atoms with Crippen LogP contribution in [0.25, 0.3) is 10.2 Å². The van der Waals surface area contributed by atoms with Gasteiger partial charge in [-0.15, -0.1) is 0 Å². The molecule has 2 aromatic carbocycles. The number of benzene rings is 2. The van der Waals surface area contributed by atoms with Crippen LogP contribution in [0, 0.1) is 5.82 Å². The van der Waals surface area contributed by atoms with Crippen LogP contribution >= 0.6 is 27.3 Å². The van der Waals surface area contributed by atoms with Crippen LogP contribution in [-0.4, -0.2) is 23.1 Å². The quantitative estimate of drug-likeness (QED) is 0.582. The second-order valence-corrected chi connectivity index (χ2v) is 7.15. The molecular formula is C18H14BrFN2O3S. The summed E-state index contributed by atoms with van der Waals surface area (Å²) in [5, 5.41) is 0. The van der Waals surface area contributed by atoms with E-state index in [0.717, 1.165) is 11.3 Å². The summed E-state index contributed by atoms with van der Waals surface area (Å²) in [7, 11) is 0. The smallest absolute Gasteiger partial charge is 0.326 e. The highest BCUT2D eigenvalue weighted by molar-refractivity contribution is 9.10. The fourth-order valence-corrected chi connectivity index (χ4v) is 3.91. The van der Waals surface area contributed by atoms with Crippen LogP contribution in [0.4, 0.5) is 4.39 Å². The van der Waals surface area contributed by atoms with Crippen LogP contribution in [0.3, 0.4) is 0 Å². The molecule has 0 saturated carbocycles. The number of esters is 1. The van der Waals surface area contributed by atoms with Gasteiger partial charge in [0.15, 0.2) is 4.80 Å². The van der Waals surface area contributed by atoms with Gasteiger partial charge in [0.1, 0.15) is 12.4 Å². The molecule has 0 radical (unpaired) electrons. The number of thiazole rings is 1. The Bertz CT molecular complexity index is 1060. The molecular weight excluding hydrogens is 423 g/mol. The van der Waals surface area contributed by atoms with Crippen LogP contribution in [-0.2, 0) is 16.1 Å². The van der Waals surface area contributed by atoms with E-state index in [9.17, 15) is 14.0 Å². The molecule has 1 amide bonds. The number of amides is 1. The van der Waals surface area contributed by atoms with Crippen LogP contribution < -0.4 is 4.80 Å². The Morgan fingerprint density at radius 2 is 2.04 bits per heavy atom. The number of nitrogens with zero attached hydrogens (tertiary/aromatic N) is 2. The van der Waals surface area contributed by atoms with Crippen molar-refractivity contribution in [1.82, 2.24) is 4.57 Å². The van der Waals surface area contributed by atoms with Crippen molar-refractivity contribution in [3.05, 3.63) is 63.1 Å². The molecule has 0 spiro atoms. The van der Waals surface area contributed by atoms with E-state index in [2.05, 4.69) is 20.9 Å². The maximum absolute atomic E-state index is 13.5. The van der Waals surface area contributed by atoms with Crippen molar-refractivity contribution in [1.29, 1.82) is 0 Å². The highest BCUT2D eigenvalue weighted by Crippen LogP contribution is 2.20. The highest BCUT2D eigenvalue weighted by Gasteiger charge is 2.14. The topological polar surface area (TPSA) is 60.7 Å². The van der Waals surface area contributed by atoms with E-state index >= 15 is 0 Å². The van der Waals surface area contributed by atoms with E-state index < -0.39 is 17.7 Å². The minimum absolute atomic E-state index is 0.110. The lowest BCUT2D eigenvalue weighted by Crippen LogP contribution is -2.23. The highest BCUT2D eigenvalue weighted by atomic mass is 79.9. The van der Waals surface area contributed by atoms with E-state index in [4.69, 9.17) is 4.74 Å². The van der Waals surface area contributed by atoms with Gasteiger partial charge in [-0.05, 0) is 53.2 Å². The summed E-state index contributed by atoms with van der Waals surface area (Å²) in [6.45, 7) is 1.85. The van der Waals surface area contributed by atoms with Crippen molar-refractivity contribution < 1.29 is 18.7 Å². The van der Waals surface area contributed by atoms with E-state index in [-0.39, 0.29) is 13.2 Å². The van der Waals surface area contributed by atoms with Crippen molar-refractivity contribution in [2.45, 2.75) is 13.5 Å². The fraction of sp³-hybridized carbons (Fsp3) is 0.167. The number of fused-ring (bicyclic) bond motifs is 1. The van der Waals surface area contributed by atoms with Gasteiger partial charge in [-0.1, -0.05) is 23.5 Å². The monoisotopic (exact) mass is 436 g/mol. The molecule has 0 aliphatic carbocycles. The van der Waals surface area contributed by atoms with Gasteiger partial charge in [-0.3, -0.25) is 9.59 Å². The number of rotatable bonds is 4. The molecule has 134 valence electrons. The van der Waals surface area contributed by atoms with Crippen LogP contribution in [0.15, 0.2) is 51.9 Å². The molecule has 8 heteroatoms. The molecule has 0 aliphatic heterocycles. The van der Waals surface area contributed by atoms with Gasteiger partial charge in [0.05, 0.1) is 22.4 Å². The predicted octanol–water partition coefficient (Wildman–Crippen LogP) is 3.91. The number of aromatic nitrogens is 1. The van der Waals surface area contributed by atoms with Gasteiger partial charge in [0.2, 0.25) is 0 Å². The predicted molar refractivity (Wildman–Crippen MR) is 100 cm³/mol. The molecule has 0 aliphatic rings. The first-order valence-corrected chi connectivity index (χ1v) is 9.38. The molecule has 0 atom stereocenters. The fourth-order valence-electron chi connectivity index (χ4n) is 2.40. The molecule has 26 heavy (non-hydrogen) atoms. The van der Waals surface area contributed by atoms with E-state index in [0.29, 0.717) is 25.1 Å². The average molecular weight is 437 g/mol. The van der Waals surface area contributed by atoms with Gasteiger partial charge in [-0.25, -0.2) is 4.39 Å². The summed E-state index contributed by atoms with van der Waals surface area (Å²) in [5.74, 6) is -1.31. The second-order valence-electron chi connectivity index (χ2n) is 5.28. The Morgan fingerprint density at radius 3 is 2.77 bits per heavy atom. The summed E-state index contributed by atoms with van der Waals surface area (Å²) in [6, 6.07) is 11.1. The second kappa shape index (κ2) is 7.92. The minimum atomic E-state index is -0.456. The third-order valence-corrected chi connectivity index (χ3v) is 5.27. The molecule has 1 aromatic heterocycles. The van der Waals surface area contributed by atoms with E-state index in [1.165, 1.54) is 12.1 Å². The minimum Gasteiger partial charge on any atom is -0.465 e. The van der Waals surface area contributed by atoms with Crippen molar-refractivity contribution in [2.75, 3.05) is 6.61 Å². The Kier molecular flexibility index (Phi) is 5.63. The number of hydrogen-bond acceptors (Lipinski definition) is 4. The maximum atomic E-state index is 13.5. The molecule has 0 saturated heterocycles. The van der Waals surface area contributed by atoms with Gasteiger partial charge in [0, 0.05) is 4.47 Å². The molecule has 0 bridgehead atoms. The van der Waals surface area contributed by atoms with Gasteiger partial charge in [0.25, 0.3) is 5.91 Å². The van der Waals surface area contributed by atoms with E-state index in [1.807, 2.05) is 0 Å². The summed E-state index contributed by atoms with van der Waals surface area (Å²) in [5.41, 5.74) is 1.02. The first-order valence-electron chi connectivity index (χ1n) is 7.77. The lowest BCUT2D eigenvalue weighted by atomic mass is 10.2. The van der Waals surface area contributed by atoms with Crippen LogP contribution in [0.2, 0.25) is 0 Å². The number of hydrogen-bond donors (Lipinski definition) is 0. The summed E-state index contributed by atoms with van der Waals surface area (Å²) < 4.78 is 21.3. The van der Waals surface area contributed by atoms with Crippen LogP contribution in [0.1, 0.15) is 17.3 Å². The zero-order chi connectivity index (χ0) is 18.7. The lowest BCUT2D eigenvalue weighted by Gasteiger charge is -2.05. The first-order chi connectivity index (χ1) is 12.5. The van der Waals surface area contributed by atoms with Gasteiger partial charge >= 0.3 is 5.97 Å². The number of carbonyl (C=O) groups is 2. The molecule has 0 fully saturated rings. The first kappa shape index (κ1) is 18.5. The molecule has 3 aromatic rings. The van der Waals surface area contributed by atoms with Crippen molar-refractivity contribution in [3.63, 3.8) is 0 Å². The zero-order valence-corrected chi connectivity index (χ0v) is 16.1. The summed E-state index contributed by atoms with van der Waals surface area (Å²) in [4.78, 5) is 28.9. The number of carbonyl (C=O) groups excluding carboxylic acids is 2. The molecule has 1 heterocycles. The summed E-state index contributed by atoms with van der Waals surface area (Å²) >= 11 is 4.47. The molecule has 0 N–H and O–H groups in total. The van der Waals surface area contributed by atoms with Crippen molar-refractivity contribution in [3.8, 4) is 0 Å². The molecule has 0 unspecified atom stereocenters. The summed E-state index contributed by atoms with van der Waals surface area (Å²) in [6.07, 6.45) is 0. The van der Waals surface area contributed by atoms with Gasteiger partial charge < -0.3 is 9.30 Å². The molecule has 3 rings (SSSR count). The average Bonchev–Trinajstić information content (AvgIpc) is 2.91. The molecule has 5 nitrogen and oxygen atoms in total. The maximum Gasteiger partial charge on any atom is 0.326 e. The van der Waals surface area contributed by atoms with Crippen LogP contribution in [0.5, 0.6) is 0 Å². The van der Waals surface area contributed by atoms with Crippen molar-refractivity contribution in [2.24, 2.45) is 4.99 Å². The van der Waals surface area contributed by atoms with Crippen molar-refractivity contribution >= 4 is 49.4 Å². The Labute approximate surface area is 160 Å².